The molecule has 0 spiro atoms. The molecule has 0 aliphatic carbocycles. The molecule has 2 aromatic carbocycles. The number of nitrogens with zero attached hydrogens (tertiary/aromatic N) is 1. The quantitative estimate of drug-likeness (QED) is 0.568. The van der Waals surface area contributed by atoms with Gasteiger partial charge in [0.1, 0.15) is 0 Å². The Bertz CT molecular complexity index is 867. The summed E-state index contributed by atoms with van der Waals surface area (Å²) >= 11 is 0. The number of hydrogen-bond acceptors (Lipinski definition) is 6. The summed E-state index contributed by atoms with van der Waals surface area (Å²) in [4.78, 5) is 10.2. The van der Waals surface area contributed by atoms with E-state index in [0.717, 1.165) is 6.07 Å². The zero-order chi connectivity index (χ0) is 18.4. The SMILES string of the molecule is CCOc1ccc(S(=O)(=O)Nc2cccc([N+](=O)[O-])c2)cc1OCC. The van der Waals surface area contributed by atoms with Crippen molar-refractivity contribution >= 4 is 21.4 Å². The van der Waals surface area contributed by atoms with Crippen LogP contribution in [0.2, 0.25) is 0 Å². The maximum atomic E-state index is 12.5. The van der Waals surface area contributed by atoms with Gasteiger partial charge in [-0.25, -0.2) is 8.42 Å². The summed E-state index contributed by atoms with van der Waals surface area (Å²) < 4.78 is 38.2. The molecule has 2 aromatic rings. The molecule has 0 fully saturated rings. The highest BCUT2D eigenvalue weighted by molar-refractivity contribution is 7.92. The summed E-state index contributed by atoms with van der Waals surface area (Å²) in [6.07, 6.45) is 0. The highest BCUT2D eigenvalue weighted by Gasteiger charge is 2.18. The van der Waals surface area contributed by atoms with Gasteiger partial charge in [-0.2, -0.15) is 0 Å². The van der Waals surface area contributed by atoms with Gasteiger partial charge < -0.3 is 9.47 Å². The van der Waals surface area contributed by atoms with Gasteiger partial charge in [0, 0.05) is 18.2 Å². The molecule has 0 atom stereocenters. The molecule has 25 heavy (non-hydrogen) atoms. The molecule has 0 radical (unpaired) electrons. The first kappa shape index (κ1) is 18.5. The van der Waals surface area contributed by atoms with E-state index >= 15 is 0 Å². The van der Waals surface area contributed by atoms with E-state index in [4.69, 9.17) is 9.47 Å². The van der Waals surface area contributed by atoms with Crippen LogP contribution in [0.5, 0.6) is 11.5 Å². The van der Waals surface area contributed by atoms with E-state index in [1.54, 1.807) is 6.92 Å². The van der Waals surface area contributed by atoms with Crippen molar-refractivity contribution < 1.29 is 22.8 Å². The minimum Gasteiger partial charge on any atom is -0.490 e. The molecule has 0 heterocycles. The topological polar surface area (TPSA) is 108 Å². The summed E-state index contributed by atoms with van der Waals surface area (Å²) in [7, 11) is -3.94. The molecular weight excluding hydrogens is 348 g/mol. The lowest BCUT2D eigenvalue weighted by molar-refractivity contribution is -0.384. The van der Waals surface area contributed by atoms with Crippen molar-refractivity contribution in [2.24, 2.45) is 0 Å². The van der Waals surface area contributed by atoms with Crippen molar-refractivity contribution in [3.8, 4) is 11.5 Å². The zero-order valence-electron chi connectivity index (χ0n) is 13.8. The lowest BCUT2D eigenvalue weighted by atomic mass is 10.3. The number of rotatable bonds is 8. The number of anilines is 1. The van der Waals surface area contributed by atoms with Crippen LogP contribution in [0, 0.1) is 10.1 Å². The number of nitrogens with one attached hydrogen (secondary N) is 1. The van der Waals surface area contributed by atoms with Crippen molar-refractivity contribution in [3.63, 3.8) is 0 Å². The number of nitro groups is 1. The van der Waals surface area contributed by atoms with Crippen LogP contribution in [0.1, 0.15) is 13.8 Å². The number of benzene rings is 2. The molecule has 0 saturated carbocycles. The van der Waals surface area contributed by atoms with Crippen LogP contribution in [-0.2, 0) is 10.0 Å². The fourth-order valence-electron chi connectivity index (χ4n) is 2.10. The van der Waals surface area contributed by atoms with Gasteiger partial charge in [-0.1, -0.05) is 6.07 Å². The Morgan fingerprint density at radius 2 is 1.72 bits per heavy atom. The Hall–Kier alpha value is -2.81. The Kier molecular flexibility index (Phi) is 5.81. The molecular formula is C16H18N2O6S. The van der Waals surface area contributed by atoms with E-state index in [1.807, 2.05) is 6.92 Å². The largest absolute Gasteiger partial charge is 0.490 e. The second kappa shape index (κ2) is 7.84. The number of hydrogen-bond donors (Lipinski definition) is 1. The van der Waals surface area contributed by atoms with E-state index in [1.165, 1.54) is 36.4 Å². The second-order valence-electron chi connectivity index (χ2n) is 4.89. The minimum absolute atomic E-state index is 0.0362. The highest BCUT2D eigenvalue weighted by atomic mass is 32.2. The normalized spacial score (nSPS) is 11.0. The van der Waals surface area contributed by atoms with Gasteiger partial charge in [0.2, 0.25) is 0 Å². The molecule has 134 valence electrons. The Morgan fingerprint density at radius 3 is 2.36 bits per heavy atom. The molecule has 9 heteroatoms. The molecule has 0 unspecified atom stereocenters. The van der Waals surface area contributed by atoms with Crippen LogP contribution in [-0.4, -0.2) is 26.6 Å². The summed E-state index contributed by atoms with van der Waals surface area (Å²) in [5, 5.41) is 10.8. The lowest BCUT2D eigenvalue weighted by Crippen LogP contribution is -2.13. The molecule has 0 amide bonds. The number of nitro benzene ring substituents is 1. The van der Waals surface area contributed by atoms with Crippen molar-refractivity contribution in [2.45, 2.75) is 18.7 Å². The van der Waals surface area contributed by atoms with Crippen LogP contribution in [0.15, 0.2) is 47.4 Å². The third kappa shape index (κ3) is 4.60. The van der Waals surface area contributed by atoms with Gasteiger partial charge in [-0.3, -0.25) is 14.8 Å². The molecule has 0 aliphatic heterocycles. The van der Waals surface area contributed by atoms with Crippen molar-refractivity contribution in [2.75, 3.05) is 17.9 Å². The molecule has 0 aromatic heterocycles. The van der Waals surface area contributed by atoms with E-state index in [2.05, 4.69) is 4.72 Å². The Morgan fingerprint density at radius 1 is 1.04 bits per heavy atom. The summed E-state index contributed by atoms with van der Waals surface area (Å²) in [5.41, 5.74) is -0.108. The lowest BCUT2D eigenvalue weighted by Gasteiger charge is -2.13. The average Bonchev–Trinajstić information content (AvgIpc) is 2.56. The first-order chi connectivity index (χ1) is 11.9. The van der Waals surface area contributed by atoms with Crippen molar-refractivity contribution in [1.29, 1.82) is 0 Å². The molecule has 1 N–H and O–H groups in total. The predicted molar refractivity (Wildman–Crippen MR) is 92.7 cm³/mol. The predicted octanol–water partition coefficient (Wildman–Crippen LogP) is 3.19. The fourth-order valence-corrected chi connectivity index (χ4v) is 3.16. The summed E-state index contributed by atoms with van der Waals surface area (Å²) in [5.74, 6) is 0.755. The van der Waals surface area contributed by atoms with E-state index in [9.17, 15) is 18.5 Å². The Balaban J connectivity index is 2.34. The van der Waals surface area contributed by atoms with Crippen LogP contribution in [0.3, 0.4) is 0 Å². The van der Waals surface area contributed by atoms with E-state index in [0.29, 0.717) is 24.7 Å². The monoisotopic (exact) mass is 366 g/mol. The minimum atomic E-state index is -3.94. The van der Waals surface area contributed by atoms with E-state index in [-0.39, 0.29) is 16.3 Å². The van der Waals surface area contributed by atoms with Crippen LogP contribution in [0.4, 0.5) is 11.4 Å². The standard InChI is InChI=1S/C16H18N2O6S/c1-3-23-15-9-8-14(11-16(15)24-4-2)25(21,22)17-12-6-5-7-13(10-12)18(19)20/h5-11,17H,3-4H2,1-2H3. The zero-order valence-corrected chi connectivity index (χ0v) is 14.6. The first-order valence-electron chi connectivity index (χ1n) is 7.54. The third-order valence-electron chi connectivity index (χ3n) is 3.13. The third-order valence-corrected chi connectivity index (χ3v) is 4.51. The molecule has 8 nitrogen and oxygen atoms in total. The highest BCUT2D eigenvalue weighted by Crippen LogP contribution is 2.31. The number of sulfonamides is 1. The molecule has 2 rings (SSSR count). The van der Waals surface area contributed by atoms with Gasteiger partial charge in [0.15, 0.2) is 11.5 Å². The van der Waals surface area contributed by atoms with Gasteiger partial charge in [0.05, 0.1) is 28.7 Å². The smallest absolute Gasteiger partial charge is 0.271 e. The number of ether oxygens (including phenoxy) is 2. The van der Waals surface area contributed by atoms with Crippen molar-refractivity contribution in [3.05, 3.63) is 52.6 Å². The second-order valence-corrected chi connectivity index (χ2v) is 6.57. The first-order valence-corrected chi connectivity index (χ1v) is 9.02. The Labute approximate surface area is 145 Å². The van der Waals surface area contributed by atoms with Crippen LogP contribution in [0.25, 0.3) is 0 Å². The summed E-state index contributed by atoms with van der Waals surface area (Å²) in [6.45, 7) is 4.35. The van der Waals surface area contributed by atoms with Crippen LogP contribution >= 0.6 is 0 Å². The van der Waals surface area contributed by atoms with Gasteiger partial charge >= 0.3 is 0 Å². The number of non-ortho nitro benzene ring substituents is 1. The van der Waals surface area contributed by atoms with Crippen molar-refractivity contribution in [1.82, 2.24) is 0 Å². The van der Waals surface area contributed by atoms with Gasteiger partial charge in [-0.15, -0.1) is 0 Å². The van der Waals surface area contributed by atoms with E-state index < -0.39 is 14.9 Å². The maximum Gasteiger partial charge on any atom is 0.271 e. The molecule has 0 saturated heterocycles. The van der Waals surface area contributed by atoms with Crippen LogP contribution < -0.4 is 14.2 Å². The average molecular weight is 366 g/mol. The maximum absolute atomic E-state index is 12.5. The molecule has 0 aliphatic rings. The summed E-state index contributed by atoms with van der Waals surface area (Å²) in [6, 6.07) is 9.51. The van der Waals surface area contributed by atoms with Gasteiger partial charge in [-0.05, 0) is 32.0 Å². The molecule has 0 bridgehead atoms. The fraction of sp³-hybridized carbons (Fsp3) is 0.250. The van der Waals surface area contributed by atoms with Gasteiger partial charge in [0.25, 0.3) is 15.7 Å².